The van der Waals surface area contributed by atoms with Crippen LogP contribution in [-0.2, 0) is 14.4 Å². The molecule has 27 heavy (non-hydrogen) atoms. The van der Waals surface area contributed by atoms with Gasteiger partial charge >= 0.3 is 0 Å². The summed E-state index contributed by atoms with van der Waals surface area (Å²) in [6.07, 6.45) is 0. The van der Waals surface area contributed by atoms with E-state index in [1.807, 2.05) is 6.07 Å². The van der Waals surface area contributed by atoms with Crippen LogP contribution in [0.3, 0.4) is 0 Å². The Kier molecular flexibility index (Phi) is 4.11. The summed E-state index contributed by atoms with van der Waals surface area (Å²) in [5.74, 6) is -2.14. The zero-order valence-corrected chi connectivity index (χ0v) is 13.9. The van der Waals surface area contributed by atoms with E-state index in [-0.39, 0.29) is 12.2 Å². The summed E-state index contributed by atoms with van der Waals surface area (Å²) in [4.78, 5) is 38.4. The van der Waals surface area contributed by atoms with E-state index < -0.39 is 35.6 Å². The van der Waals surface area contributed by atoms with Crippen LogP contribution in [-0.4, -0.2) is 41.4 Å². The minimum absolute atomic E-state index is 0.128. The minimum Gasteiger partial charge on any atom is -0.324 e. The number of fused-ring (bicyclic) bond motifs is 1. The van der Waals surface area contributed by atoms with E-state index in [2.05, 4.69) is 15.7 Å². The maximum atomic E-state index is 13.5. The molecule has 2 heterocycles. The van der Waals surface area contributed by atoms with Gasteiger partial charge in [0.2, 0.25) is 5.91 Å². The Morgan fingerprint density at radius 3 is 2.59 bits per heavy atom. The lowest BCUT2D eigenvalue weighted by Gasteiger charge is -2.20. The maximum Gasteiger partial charge on any atom is 0.263 e. The SMILES string of the molecule is O=C(CN1N=N[C@H]2C(=O)N(c3cccc(F)c3)C(=O)[C@@H]21)Nc1ccccc1. The Balaban J connectivity index is 1.50. The number of rotatable bonds is 4. The van der Waals surface area contributed by atoms with Gasteiger partial charge in [-0.25, -0.2) is 9.29 Å². The molecule has 2 aliphatic heterocycles. The molecular formula is C18H14FN5O3. The molecule has 1 N–H and O–H groups in total. The number of nitrogens with one attached hydrogen (secondary N) is 1. The summed E-state index contributed by atoms with van der Waals surface area (Å²) in [7, 11) is 0. The number of para-hydroxylation sites is 1. The average molecular weight is 367 g/mol. The molecule has 2 aromatic carbocycles. The van der Waals surface area contributed by atoms with Crippen molar-refractivity contribution in [1.29, 1.82) is 0 Å². The lowest BCUT2D eigenvalue weighted by molar-refractivity contribution is -0.123. The van der Waals surface area contributed by atoms with Gasteiger partial charge in [0.25, 0.3) is 11.8 Å². The summed E-state index contributed by atoms with van der Waals surface area (Å²) in [5, 5.41) is 11.5. The van der Waals surface area contributed by atoms with Crippen LogP contribution >= 0.6 is 0 Å². The predicted molar refractivity (Wildman–Crippen MR) is 93.1 cm³/mol. The molecule has 1 saturated heterocycles. The Hall–Kier alpha value is -3.62. The van der Waals surface area contributed by atoms with Gasteiger partial charge in [-0.1, -0.05) is 29.5 Å². The molecule has 0 aliphatic carbocycles. The van der Waals surface area contributed by atoms with E-state index in [4.69, 9.17) is 0 Å². The Labute approximate surface area is 153 Å². The molecule has 3 amide bonds. The number of halogens is 1. The number of carbonyl (C=O) groups excluding carboxylic acids is 3. The maximum absolute atomic E-state index is 13.5. The monoisotopic (exact) mass is 367 g/mol. The van der Waals surface area contributed by atoms with Crippen LogP contribution in [0.15, 0.2) is 64.9 Å². The Morgan fingerprint density at radius 2 is 1.85 bits per heavy atom. The first-order valence-corrected chi connectivity index (χ1v) is 8.20. The summed E-state index contributed by atoms with van der Waals surface area (Å²) in [5.41, 5.74) is 0.730. The number of hydrogen-bond acceptors (Lipinski definition) is 6. The van der Waals surface area contributed by atoms with E-state index in [1.165, 1.54) is 23.2 Å². The van der Waals surface area contributed by atoms with Crippen LogP contribution in [0, 0.1) is 5.82 Å². The second-order valence-corrected chi connectivity index (χ2v) is 6.10. The predicted octanol–water partition coefficient (Wildman–Crippen LogP) is 1.76. The van der Waals surface area contributed by atoms with Crippen molar-refractivity contribution in [2.24, 2.45) is 10.3 Å². The smallest absolute Gasteiger partial charge is 0.263 e. The van der Waals surface area contributed by atoms with E-state index in [9.17, 15) is 18.8 Å². The molecule has 0 aromatic heterocycles. The van der Waals surface area contributed by atoms with Gasteiger partial charge in [0.05, 0.1) is 5.69 Å². The van der Waals surface area contributed by atoms with Gasteiger partial charge in [-0.05, 0) is 30.3 Å². The summed E-state index contributed by atoms with van der Waals surface area (Å²) in [6, 6.07) is 12.0. The van der Waals surface area contributed by atoms with E-state index in [0.717, 1.165) is 11.0 Å². The molecule has 4 rings (SSSR count). The highest BCUT2D eigenvalue weighted by Gasteiger charge is 2.55. The van der Waals surface area contributed by atoms with Crippen LogP contribution in [0.5, 0.6) is 0 Å². The number of anilines is 2. The van der Waals surface area contributed by atoms with Crippen molar-refractivity contribution in [2.45, 2.75) is 12.1 Å². The van der Waals surface area contributed by atoms with Crippen LogP contribution in [0.25, 0.3) is 0 Å². The molecule has 136 valence electrons. The van der Waals surface area contributed by atoms with E-state index >= 15 is 0 Å². The molecule has 0 radical (unpaired) electrons. The van der Waals surface area contributed by atoms with Crippen molar-refractivity contribution >= 4 is 29.1 Å². The van der Waals surface area contributed by atoms with Gasteiger partial charge in [-0.15, -0.1) is 0 Å². The minimum atomic E-state index is -1.04. The fraction of sp³-hybridized carbons (Fsp3) is 0.167. The first kappa shape index (κ1) is 16.8. The number of imide groups is 1. The molecule has 1 fully saturated rings. The van der Waals surface area contributed by atoms with Crippen LogP contribution in [0.2, 0.25) is 0 Å². The number of amides is 3. The molecule has 0 saturated carbocycles. The highest BCUT2D eigenvalue weighted by molar-refractivity contribution is 6.25. The van der Waals surface area contributed by atoms with Gasteiger partial charge in [0.1, 0.15) is 12.4 Å². The molecule has 8 nitrogen and oxygen atoms in total. The van der Waals surface area contributed by atoms with Crippen LogP contribution < -0.4 is 10.2 Å². The molecule has 2 atom stereocenters. The van der Waals surface area contributed by atoms with Crippen LogP contribution in [0.1, 0.15) is 0 Å². The number of benzene rings is 2. The number of nitrogens with zero attached hydrogens (tertiary/aromatic N) is 4. The van der Waals surface area contributed by atoms with E-state index in [1.54, 1.807) is 24.3 Å². The third-order valence-corrected chi connectivity index (χ3v) is 4.29. The van der Waals surface area contributed by atoms with Crippen LogP contribution in [0.4, 0.5) is 15.8 Å². The van der Waals surface area contributed by atoms with Crippen molar-refractivity contribution in [3.8, 4) is 0 Å². The van der Waals surface area contributed by atoms with Crippen molar-refractivity contribution in [1.82, 2.24) is 5.01 Å². The lowest BCUT2D eigenvalue weighted by atomic mass is 10.1. The summed E-state index contributed by atoms with van der Waals surface area (Å²) in [6.45, 7) is -0.241. The highest BCUT2D eigenvalue weighted by atomic mass is 19.1. The van der Waals surface area contributed by atoms with Crippen molar-refractivity contribution in [3.05, 3.63) is 60.4 Å². The van der Waals surface area contributed by atoms with Crippen molar-refractivity contribution in [3.63, 3.8) is 0 Å². The van der Waals surface area contributed by atoms with Gasteiger partial charge in [-0.2, -0.15) is 5.11 Å². The second-order valence-electron chi connectivity index (χ2n) is 6.10. The van der Waals surface area contributed by atoms with E-state index in [0.29, 0.717) is 5.69 Å². The standard InChI is InChI=1S/C18H14FN5O3/c19-11-5-4-8-13(9-11)24-17(26)15-16(18(24)27)23(22-21-15)10-14(25)20-12-6-2-1-3-7-12/h1-9,15-16H,10H2,(H,20,25)/t15-,16-/m1/s1. The number of hydrogen-bond donors (Lipinski definition) is 1. The van der Waals surface area contributed by atoms with Gasteiger partial charge in [0, 0.05) is 5.69 Å². The molecule has 0 unspecified atom stereocenters. The fourth-order valence-corrected chi connectivity index (χ4v) is 3.09. The highest BCUT2D eigenvalue weighted by Crippen LogP contribution is 2.31. The van der Waals surface area contributed by atoms with Crippen molar-refractivity contribution < 1.29 is 18.8 Å². The third kappa shape index (κ3) is 3.03. The third-order valence-electron chi connectivity index (χ3n) is 4.29. The Bertz CT molecular complexity index is 949. The molecule has 9 heteroatoms. The molecule has 2 aliphatic rings. The van der Waals surface area contributed by atoms with Gasteiger partial charge in [0.15, 0.2) is 12.1 Å². The first-order chi connectivity index (χ1) is 13.0. The lowest BCUT2D eigenvalue weighted by Crippen LogP contribution is -2.43. The topological polar surface area (TPSA) is 94.4 Å². The van der Waals surface area contributed by atoms with Gasteiger partial charge in [-0.3, -0.25) is 19.4 Å². The average Bonchev–Trinajstić information content (AvgIpc) is 3.16. The van der Waals surface area contributed by atoms with Gasteiger partial charge < -0.3 is 5.32 Å². The number of carbonyl (C=O) groups is 3. The molecular weight excluding hydrogens is 353 g/mol. The summed E-state index contributed by atoms with van der Waals surface area (Å²) >= 11 is 0. The molecule has 2 aromatic rings. The first-order valence-electron chi connectivity index (χ1n) is 8.20. The fourth-order valence-electron chi connectivity index (χ4n) is 3.09. The Morgan fingerprint density at radius 1 is 1.07 bits per heavy atom. The zero-order chi connectivity index (χ0) is 19.0. The second kappa shape index (κ2) is 6.60. The quantitative estimate of drug-likeness (QED) is 0.833. The normalized spacial score (nSPS) is 20.9. The van der Waals surface area contributed by atoms with Crippen molar-refractivity contribution in [2.75, 3.05) is 16.8 Å². The zero-order valence-electron chi connectivity index (χ0n) is 13.9. The summed E-state index contributed by atoms with van der Waals surface area (Å²) < 4.78 is 13.5. The largest absolute Gasteiger partial charge is 0.324 e. The molecule has 0 spiro atoms. The molecule has 0 bridgehead atoms.